The van der Waals surface area contributed by atoms with Crippen LogP contribution in [0.1, 0.15) is 86.0 Å². The van der Waals surface area contributed by atoms with Gasteiger partial charge in [0.25, 0.3) is 5.91 Å². The normalized spacial score (nSPS) is 33.2. The lowest BCUT2D eigenvalue weighted by molar-refractivity contribution is -0.609. The number of nitrogens with zero attached hydrogens (tertiary/aromatic N) is 3. The summed E-state index contributed by atoms with van der Waals surface area (Å²) in [6.07, 6.45) is 1.86. The summed E-state index contributed by atoms with van der Waals surface area (Å²) in [4.78, 5) is 76.0. The van der Waals surface area contributed by atoms with Gasteiger partial charge in [0, 0.05) is 50.3 Å². The van der Waals surface area contributed by atoms with Crippen molar-refractivity contribution in [1.82, 2.24) is 20.2 Å². The van der Waals surface area contributed by atoms with E-state index in [0.29, 0.717) is 46.2 Å². The van der Waals surface area contributed by atoms with Crippen LogP contribution in [0.2, 0.25) is 0 Å². The molecular formula is C36H44N4O7S. The fourth-order valence-corrected chi connectivity index (χ4v) is 11.6. The maximum atomic E-state index is 14.1. The van der Waals surface area contributed by atoms with Crippen molar-refractivity contribution in [2.45, 2.75) is 71.6 Å². The number of Topliss-reactive ketones (excluding diaryl/α,β-unsaturated/α-hetero) is 1. The molecule has 2 aromatic rings. The molecule has 6 aliphatic carbocycles. The molecule has 6 fully saturated rings. The van der Waals surface area contributed by atoms with Crippen LogP contribution in [-0.2, 0) is 23.9 Å². The van der Waals surface area contributed by atoms with Crippen LogP contribution in [0.5, 0.6) is 0 Å². The van der Waals surface area contributed by atoms with Crippen molar-refractivity contribution in [3.8, 4) is 0 Å². The van der Waals surface area contributed by atoms with Crippen molar-refractivity contribution in [3.05, 3.63) is 46.2 Å². The van der Waals surface area contributed by atoms with Gasteiger partial charge in [-0.1, -0.05) is 40.2 Å². The van der Waals surface area contributed by atoms with E-state index in [1.807, 2.05) is 27.7 Å². The first kappa shape index (κ1) is 32.9. The number of esters is 2. The van der Waals surface area contributed by atoms with Crippen molar-refractivity contribution in [1.29, 1.82) is 0 Å². The first-order valence-electron chi connectivity index (χ1n) is 17.1. The molecule has 2 aromatic heterocycles. The summed E-state index contributed by atoms with van der Waals surface area (Å²) in [7, 11) is 3.20. The second-order valence-electron chi connectivity index (χ2n) is 15.0. The van der Waals surface area contributed by atoms with Gasteiger partial charge in [-0.25, -0.2) is 4.98 Å². The zero-order chi connectivity index (χ0) is 34.4. The van der Waals surface area contributed by atoms with E-state index < -0.39 is 18.0 Å². The largest absolute Gasteiger partial charge is 0.469 e. The number of ketones is 1. The number of hydrogen-bond acceptors (Lipinski definition) is 10. The maximum absolute atomic E-state index is 14.1. The maximum Gasteiger partial charge on any atom is 0.312 e. The molecule has 4 atom stereocenters. The number of ether oxygens (including phenoxy) is 2. The van der Waals surface area contributed by atoms with E-state index in [2.05, 4.69) is 15.3 Å². The Morgan fingerprint density at radius 1 is 1.02 bits per heavy atom. The van der Waals surface area contributed by atoms with Gasteiger partial charge in [0.05, 0.1) is 18.1 Å². The quantitative estimate of drug-likeness (QED) is 0.215. The SMILES string of the molecule is CC[C@@H](C)[C@H](CC(=O)c1ccccn1)C(=O)N(C)[C@H](C[C@@H](OC(C)=O)c1nc(C(=O)NC23C4C5C2C2C3C4C52C(=O)OC)cs1)C(C)C. The number of carbonyl (C=O) groups is 5. The monoisotopic (exact) mass is 676 g/mol. The van der Waals surface area contributed by atoms with Crippen LogP contribution in [0.15, 0.2) is 29.8 Å². The standard InChI is InChI=1S/C36H44N4O7S/c1-8-17(4)19(13-23(42)20-11-9-10-12-37-20)33(44)40(6)22(16(2)3)14-24(47-18(5)41)32-38-21(15-48-32)31(43)39-36-28-25-29(36)27-30(36)26(28)35(25,27)34(45)46-7/h9-12,15-17,19,22,24-30H,8,13-14H2,1-7H3,(H,39,43)/t17-,19+,22-,24-,25?,26?,27?,28?,29?,30?,35?,36?/m1/s1. The van der Waals surface area contributed by atoms with Crippen molar-refractivity contribution < 1.29 is 33.4 Å². The van der Waals surface area contributed by atoms with E-state index in [1.54, 1.807) is 41.7 Å². The van der Waals surface area contributed by atoms with Crippen LogP contribution in [-0.4, -0.2) is 70.1 Å². The third kappa shape index (κ3) is 4.13. The van der Waals surface area contributed by atoms with Crippen LogP contribution >= 0.6 is 11.3 Å². The molecule has 0 bridgehead atoms. The number of pyridine rings is 1. The molecule has 0 unspecified atom stereocenters. The lowest BCUT2D eigenvalue weighted by Gasteiger charge is -3.09. The van der Waals surface area contributed by atoms with E-state index in [1.165, 1.54) is 25.4 Å². The number of aromatic nitrogens is 2. The molecule has 48 heavy (non-hydrogen) atoms. The molecule has 0 aliphatic heterocycles. The zero-order valence-corrected chi connectivity index (χ0v) is 29.3. The van der Waals surface area contributed by atoms with Crippen molar-refractivity contribution in [2.24, 2.45) is 58.7 Å². The molecule has 0 saturated heterocycles. The molecule has 0 radical (unpaired) electrons. The summed E-state index contributed by atoms with van der Waals surface area (Å²) < 4.78 is 10.9. The Hall–Kier alpha value is -3.67. The molecule has 1 N–H and O–H groups in total. The van der Waals surface area contributed by atoms with Crippen LogP contribution in [0.4, 0.5) is 0 Å². The number of carbonyl (C=O) groups excluding carboxylic acids is 5. The summed E-state index contributed by atoms with van der Waals surface area (Å²) >= 11 is 1.26. The molecule has 256 valence electrons. The van der Waals surface area contributed by atoms with Gasteiger partial charge in [-0.3, -0.25) is 29.0 Å². The molecule has 6 aliphatic rings. The fourth-order valence-electron chi connectivity index (χ4n) is 10.7. The second-order valence-corrected chi connectivity index (χ2v) is 15.9. The van der Waals surface area contributed by atoms with E-state index >= 15 is 0 Å². The number of hydrogen-bond donors (Lipinski definition) is 1. The Bertz CT molecular complexity index is 1620. The Labute approximate surface area is 284 Å². The van der Waals surface area contributed by atoms with Gasteiger partial charge in [0.15, 0.2) is 11.9 Å². The number of methoxy groups -OCH3 is 1. The molecule has 0 spiro atoms. The summed E-state index contributed by atoms with van der Waals surface area (Å²) in [6, 6.07) is 4.83. The van der Waals surface area contributed by atoms with E-state index in [0.717, 1.165) is 6.42 Å². The van der Waals surface area contributed by atoms with E-state index in [9.17, 15) is 24.0 Å². The summed E-state index contributed by atoms with van der Waals surface area (Å²) in [5, 5.41) is 5.48. The fraction of sp³-hybridized carbons (Fsp3) is 0.639. The number of rotatable bonds is 15. The average molecular weight is 677 g/mol. The minimum atomic E-state index is -0.766. The molecular weight excluding hydrogens is 632 g/mol. The second kappa shape index (κ2) is 11.5. The highest BCUT2D eigenvalue weighted by Crippen LogP contribution is 3.07. The van der Waals surface area contributed by atoms with Gasteiger partial charge in [-0.05, 0) is 59.5 Å². The van der Waals surface area contributed by atoms with Gasteiger partial charge in [0.1, 0.15) is 16.4 Å². The van der Waals surface area contributed by atoms with E-state index in [-0.39, 0.29) is 70.9 Å². The lowest BCUT2D eigenvalue weighted by Crippen LogP contribution is -3.16. The Morgan fingerprint density at radius 3 is 2.23 bits per heavy atom. The minimum Gasteiger partial charge on any atom is -0.469 e. The van der Waals surface area contributed by atoms with Crippen molar-refractivity contribution in [2.75, 3.05) is 14.2 Å². The summed E-state index contributed by atoms with van der Waals surface area (Å²) in [5.74, 6) is 0.354. The first-order chi connectivity index (χ1) is 22.9. The summed E-state index contributed by atoms with van der Waals surface area (Å²) in [6.45, 7) is 9.34. The Balaban J connectivity index is 1.03. The van der Waals surface area contributed by atoms with Crippen LogP contribution < -0.4 is 5.32 Å². The van der Waals surface area contributed by atoms with Gasteiger partial charge >= 0.3 is 11.9 Å². The highest BCUT2D eigenvalue weighted by atomic mass is 32.1. The lowest BCUT2D eigenvalue weighted by atomic mass is 8.94. The molecule has 8 rings (SSSR count). The van der Waals surface area contributed by atoms with Gasteiger partial charge < -0.3 is 19.7 Å². The number of amides is 2. The smallest absolute Gasteiger partial charge is 0.312 e. The highest BCUT2D eigenvalue weighted by molar-refractivity contribution is 7.09. The van der Waals surface area contributed by atoms with Crippen LogP contribution in [0, 0.1) is 58.7 Å². The Kier molecular flexibility index (Phi) is 7.84. The topological polar surface area (TPSA) is 145 Å². The summed E-state index contributed by atoms with van der Waals surface area (Å²) in [5.41, 5.74) is 0.141. The Morgan fingerprint density at radius 2 is 1.69 bits per heavy atom. The molecule has 2 heterocycles. The first-order valence-corrected chi connectivity index (χ1v) is 18.0. The van der Waals surface area contributed by atoms with E-state index in [4.69, 9.17) is 9.47 Å². The van der Waals surface area contributed by atoms with Crippen molar-refractivity contribution in [3.63, 3.8) is 0 Å². The molecule has 12 heteroatoms. The van der Waals surface area contributed by atoms with Crippen molar-refractivity contribution >= 4 is 40.9 Å². The predicted octanol–water partition coefficient (Wildman–Crippen LogP) is 4.34. The van der Waals surface area contributed by atoms with Crippen LogP contribution in [0.3, 0.4) is 0 Å². The van der Waals surface area contributed by atoms with Gasteiger partial charge in [0.2, 0.25) is 5.91 Å². The van der Waals surface area contributed by atoms with Crippen LogP contribution in [0.25, 0.3) is 0 Å². The molecule has 2 amide bonds. The van der Waals surface area contributed by atoms with Gasteiger partial charge in [-0.2, -0.15) is 0 Å². The number of nitrogens with one attached hydrogen (secondary N) is 1. The highest BCUT2D eigenvalue weighted by Gasteiger charge is 3.12. The molecule has 0 aromatic carbocycles. The number of thiazole rings is 1. The minimum absolute atomic E-state index is 0.00848. The third-order valence-electron chi connectivity index (χ3n) is 12.9. The molecule has 11 nitrogen and oxygen atoms in total. The van der Waals surface area contributed by atoms with Gasteiger partial charge in [-0.15, -0.1) is 11.3 Å². The zero-order valence-electron chi connectivity index (χ0n) is 28.5. The third-order valence-corrected chi connectivity index (χ3v) is 13.8. The average Bonchev–Trinajstić information content (AvgIpc) is 3.58. The predicted molar refractivity (Wildman–Crippen MR) is 174 cm³/mol. The molecule has 6 saturated carbocycles.